The van der Waals surface area contributed by atoms with Crippen molar-refractivity contribution >= 4 is 44.9 Å². The Kier molecular flexibility index (Phi) is 5.09. The third kappa shape index (κ3) is 3.99. The Hall–Kier alpha value is -3.36. The summed E-state index contributed by atoms with van der Waals surface area (Å²) in [5.74, 6) is 1.75. The van der Waals surface area contributed by atoms with Crippen LogP contribution in [0.4, 0.5) is 5.82 Å². The van der Waals surface area contributed by atoms with Gasteiger partial charge >= 0.3 is 5.97 Å². The van der Waals surface area contributed by atoms with Gasteiger partial charge in [0.15, 0.2) is 17.3 Å². The Morgan fingerprint density at radius 1 is 1.10 bits per heavy atom. The van der Waals surface area contributed by atoms with E-state index in [0.717, 1.165) is 39.3 Å². The number of aromatic carboxylic acids is 1. The maximum Gasteiger partial charge on any atom is 0.335 e. The molecule has 0 amide bonds. The van der Waals surface area contributed by atoms with Crippen molar-refractivity contribution in [1.29, 1.82) is 0 Å². The maximum absolute atomic E-state index is 11.1. The van der Waals surface area contributed by atoms with Crippen LogP contribution < -0.4 is 14.8 Å². The zero-order valence-corrected chi connectivity index (χ0v) is 17.7. The Balaban J connectivity index is 1.40. The third-order valence-corrected chi connectivity index (χ3v) is 6.05. The van der Waals surface area contributed by atoms with E-state index in [1.807, 2.05) is 24.3 Å². The molecule has 0 spiro atoms. The average molecular weight is 454 g/mol. The number of aromatic nitrogens is 2. The van der Waals surface area contributed by atoms with Crippen molar-refractivity contribution in [3.63, 3.8) is 0 Å². The van der Waals surface area contributed by atoms with Gasteiger partial charge < -0.3 is 19.9 Å². The summed E-state index contributed by atoms with van der Waals surface area (Å²) >= 11 is 7.60. The van der Waals surface area contributed by atoms with Gasteiger partial charge in [0.2, 0.25) is 6.79 Å². The summed E-state index contributed by atoms with van der Waals surface area (Å²) in [6, 6.07) is 14.3. The van der Waals surface area contributed by atoms with Crippen LogP contribution in [0.1, 0.15) is 15.9 Å². The Bertz CT molecular complexity index is 1290. The van der Waals surface area contributed by atoms with E-state index in [0.29, 0.717) is 22.5 Å². The normalized spacial score (nSPS) is 12.3. The van der Waals surface area contributed by atoms with E-state index in [1.165, 1.54) is 11.3 Å². The molecule has 0 atom stereocenters. The molecular weight excluding hydrogens is 438 g/mol. The average Bonchev–Trinajstić information content (AvgIpc) is 3.38. The first-order valence-electron chi connectivity index (χ1n) is 9.50. The van der Waals surface area contributed by atoms with Gasteiger partial charge in [0, 0.05) is 12.1 Å². The van der Waals surface area contributed by atoms with Gasteiger partial charge in [0.25, 0.3) is 0 Å². The number of fused-ring (bicyclic) bond motifs is 2. The maximum atomic E-state index is 11.1. The van der Waals surface area contributed by atoms with Crippen LogP contribution in [0.15, 0.2) is 48.5 Å². The van der Waals surface area contributed by atoms with Crippen molar-refractivity contribution in [2.24, 2.45) is 0 Å². The molecule has 3 heterocycles. The summed E-state index contributed by atoms with van der Waals surface area (Å²) in [7, 11) is 0. The van der Waals surface area contributed by atoms with E-state index in [-0.39, 0.29) is 12.4 Å². The summed E-state index contributed by atoms with van der Waals surface area (Å²) in [4.78, 5) is 21.2. The topological polar surface area (TPSA) is 93.6 Å². The van der Waals surface area contributed by atoms with E-state index in [2.05, 4.69) is 15.3 Å². The number of nitrogens with zero attached hydrogens (tertiary/aromatic N) is 2. The lowest BCUT2D eigenvalue weighted by molar-refractivity contribution is 0.0697. The van der Waals surface area contributed by atoms with Gasteiger partial charge in [-0.15, -0.1) is 11.3 Å². The number of carboxylic acid groups (broad SMARTS) is 1. The molecule has 2 aromatic heterocycles. The monoisotopic (exact) mass is 453 g/mol. The van der Waals surface area contributed by atoms with Crippen LogP contribution in [0.25, 0.3) is 21.6 Å². The Labute approximate surface area is 186 Å². The smallest absolute Gasteiger partial charge is 0.335 e. The predicted octanol–water partition coefficient (Wildman–Crippen LogP) is 5.09. The minimum absolute atomic E-state index is 0.214. The summed E-state index contributed by atoms with van der Waals surface area (Å²) in [6.07, 6.45) is 0.767. The molecule has 0 radical (unpaired) electrons. The number of carbonyl (C=O) groups is 1. The van der Waals surface area contributed by atoms with E-state index in [4.69, 9.17) is 26.2 Å². The summed E-state index contributed by atoms with van der Waals surface area (Å²) < 4.78 is 11.4. The van der Waals surface area contributed by atoms with E-state index in [9.17, 15) is 4.79 Å². The fourth-order valence-corrected chi connectivity index (χ4v) is 4.43. The number of anilines is 1. The number of halogens is 1. The van der Waals surface area contributed by atoms with Crippen molar-refractivity contribution in [2.75, 3.05) is 18.7 Å². The van der Waals surface area contributed by atoms with Gasteiger partial charge in [-0.2, -0.15) is 0 Å². The Morgan fingerprint density at radius 2 is 1.90 bits per heavy atom. The molecule has 31 heavy (non-hydrogen) atoms. The Morgan fingerprint density at radius 3 is 2.71 bits per heavy atom. The van der Waals surface area contributed by atoms with Gasteiger partial charge in [-0.1, -0.05) is 29.8 Å². The number of hydrogen-bond acceptors (Lipinski definition) is 7. The van der Waals surface area contributed by atoms with Crippen LogP contribution in [0, 0.1) is 0 Å². The van der Waals surface area contributed by atoms with Crippen LogP contribution in [-0.2, 0) is 6.42 Å². The fraction of sp³-hybridized carbons (Fsp3) is 0.136. The second kappa shape index (κ2) is 8.05. The zero-order chi connectivity index (χ0) is 21.4. The number of hydrogen-bond donors (Lipinski definition) is 2. The van der Waals surface area contributed by atoms with Gasteiger partial charge in [-0.25, -0.2) is 14.8 Å². The largest absolute Gasteiger partial charge is 0.478 e. The lowest BCUT2D eigenvalue weighted by Crippen LogP contribution is -2.07. The van der Waals surface area contributed by atoms with Crippen molar-refractivity contribution < 1.29 is 19.4 Å². The second-order valence-electron chi connectivity index (χ2n) is 6.91. The minimum atomic E-state index is -0.973. The van der Waals surface area contributed by atoms with E-state index >= 15 is 0 Å². The van der Waals surface area contributed by atoms with Crippen LogP contribution in [-0.4, -0.2) is 34.4 Å². The molecule has 0 saturated heterocycles. The molecule has 0 saturated carbocycles. The molecule has 0 bridgehead atoms. The van der Waals surface area contributed by atoms with Gasteiger partial charge in [-0.05, 0) is 42.3 Å². The summed E-state index contributed by atoms with van der Waals surface area (Å²) in [5, 5.41) is 13.3. The highest BCUT2D eigenvalue weighted by Crippen LogP contribution is 2.35. The van der Waals surface area contributed by atoms with E-state index < -0.39 is 5.97 Å². The molecule has 2 N–H and O–H groups in total. The van der Waals surface area contributed by atoms with E-state index in [1.54, 1.807) is 24.3 Å². The first-order valence-corrected chi connectivity index (χ1v) is 10.7. The van der Waals surface area contributed by atoms with Gasteiger partial charge in [-0.3, -0.25) is 0 Å². The molecule has 2 aromatic carbocycles. The summed E-state index contributed by atoms with van der Waals surface area (Å²) in [6.45, 7) is 0.904. The van der Waals surface area contributed by atoms with Crippen molar-refractivity contribution in [3.8, 4) is 22.9 Å². The van der Waals surface area contributed by atoms with Crippen molar-refractivity contribution in [1.82, 2.24) is 9.97 Å². The molecule has 5 rings (SSSR count). The van der Waals surface area contributed by atoms with Crippen LogP contribution in [0.2, 0.25) is 4.34 Å². The number of nitrogens with one attached hydrogen (secondary N) is 1. The first-order chi connectivity index (χ1) is 15.1. The molecule has 1 aliphatic rings. The predicted molar refractivity (Wildman–Crippen MR) is 120 cm³/mol. The molecule has 9 heteroatoms. The highest BCUT2D eigenvalue weighted by Gasteiger charge is 2.15. The van der Waals surface area contributed by atoms with Crippen LogP contribution >= 0.6 is 22.9 Å². The number of thiophene rings is 1. The van der Waals surface area contributed by atoms with Crippen molar-refractivity contribution in [3.05, 3.63) is 64.0 Å². The number of rotatable bonds is 6. The number of ether oxygens (including phenoxy) is 2. The molecule has 0 fully saturated rings. The molecule has 4 aromatic rings. The number of carboxylic acids is 1. The second-order valence-corrected chi connectivity index (χ2v) is 8.57. The first kappa shape index (κ1) is 19.6. The van der Waals surface area contributed by atoms with Gasteiger partial charge in [0.1, 0.15) is 10.6 Å². The van der Waals surface area contributed by atoms with Gasteiger partial charge in [0.05, 0.1) is 15.3 Å². The fourth-order valence-electron chi connectivity index (χ4n) is 3.34. The highest BCUT2D eigenvalue weighted by molar-refractivity contribution is 7.22. The van der Waals surface area contributed by atoms with Crippen LogP contribution in [0.3, 0.4) is 0 Å². The summed E-state index contributed by atoms with van der Waals surface area (Å²) in [5.41, 5.74) is 2.07. The third-order valence-electron chi connectivity index (χ3n) is 4.90. The molecule has 1 aliphatic heterocycles. The molecule has 0 unspecified atom stereocenters. The van der Waals surface area contributed by atoms with Crippen LogP contribution in [0.5, 0.6) is 11.5 Å². The molecule has 7 nitrogen and oxygen atoms in total. The molecule has 0 aliphatic carbocycles. The number of benzene rings is 2. The minimum Gasteiger partial charge on any atom is -0.478 e. The SMILES string of the molecule is O=C(O)c1ccc(-c2nc(NCCc3ccc4c(c3)OCO4)c3cc(Cl)sc3n2)cc1. The highest BCUT2D eigenvalue weighted by atomic mass is 35.5. The van der Waals surface area contributed by atoms with Crippen molar-refractivity contribution in [2.45, 2.75) is 6.42 Å². The lowest BCUT2D eigenvalue weighted by Gasteiger charge is -2.10. The quantitative estimate of drug-likeness (QED) is 0.419. The standard InChI is InChI=1S/C22H16ClN3O4S/c23-18-10-15-20(24-8-7-12-1-6-16-17(9-12)30-11-29-16)25-19(26-21(15)31-18)13-2-4-14(5-3-13)22(27)28/h1-6,9-10H,7-8,11H2,(H,27,28)(H,24,25,26). The zero-order valence-electron chi connectivity index (χ0n) is 16.1. The molecule has 156 valence electrons. The lowest BCUT2D eigenvalue weighted by atomic mass is 10.1. The molecular formula is C22H16ClN3O4S.